The van der Waals surface area contributed by atoms with Gasteiger partial charge in [0.15, 0.2) is 0 Å². The van der Waals surface area contributed by atoms with Gasteiger partial charge in [0, 0.05) is 27.6 Å². The summed E-state index contributed by atoms with van der Waals surface area (Å²) in [5, 5.41) is 7.72. The molecule has 27 heavy (non-hydrogen) atoms. The van der Waals surface area contributed by atoms with Crippen molar-refractivity contribution in [3.63, 3.8) is 0 Å². The number of nitrogens with one attached hydrogen (secondary N) is 1. The second-order valence-corrected chi connectivity index (χ2v) is 7.17. The van der Waals surface area contributed by atoms with E-state index in [1.807, 2.05) is 12.1 Å². The molecule has 0 amide bonds. The number of hydrogen-bond donors (Lipinski definition) is 1. The molecule has 1 aliphatic carbocycles. The highest BCUT2D eigenvalue weighted by atomic mass is 16.5. The second kappa shape index (κ2) is 8.15. The summed E-state index contributed by atoms with van der Waals surface area (Å²) in [6, 6.07) is 15.2. The molecule has 0 spiro atoms. The SMILES string of the molecule is COc1c2ccccc2c(OC)c2cc(COCNC3CCCC3)ccc12. The van der Waals surface area contributed by atoms with Crippen LogP contribution in [0.2, 0.25) is 0 Å². The lowest BCUT2D eigenvalue weighted by molar-refractivity contribution is 0.0958. The molecular formula is C23H27NO3. The van der Waals surface area contributed by atoms with Gasteiger partial charge in [-0.15, -0.1) is 0 Å². The lowest BCUT2D eigenvalue weighted by atomic mass is 9.99. The van der Waals surface area contributed by atoms with Crippen molar-refractivity contribution in [2.24, 2.45) is 0 Å². The summed E-state index contributed by atoms with van der Waals surface area (Å²) in [6.45, 7) is 1.18. The summed E-state index contributed by atoms with van der Waals surface area (Å²) in [4.78, 5) is 0. The van der Waals surface area contributed by atoms with E-state index in [9.17, 15) is 0 Å². The van der Waals surface area contributed by atoms with Crippen molar-refractivity contribution in [3.05, 3.63) is 48.0 Å². The van der Waals surface area contributed by atoms with Gasteiger partial charge < -0.3 is 14.2 Å². The number of methoxy groups -OCH3 is 2. The van der Waals surface area contributed by atoms with Crippen molar-refractivity contribution in [2.45, 2.75) is 38.3 Å². The molecular weight excluding hydrogens is 338 g/mol. The highest BCUT2D eigenvalue weighted by Gasteiger charge is 2.16. The molecule has 0 aliphatic heterocycles. The van der Waals surface area contributed by atoms with Gasteiger partial charge in [0.1, 0.15) is 11.5 Å². The molecule has 142 valence electrons. The van der Waals surface area contributed by atoms with Crippen molar-refractivity contribution < 1.29 is 14.2 Å². The van der Waals surface area contributed by atoms with E-state index in [0.29, 0.717) is 19.4 Å². The van der Waals surface area contributed by atoms with E-state index >= 15 is 0 Å². The monoisotopic (exact) mass is 365 g/mol. The molecule has 0 radical (unpaired) electrons. The molecule has 3 aromatic carbocycles. The zero-order chi connectivity index (χ0) is 18.6. The quantitative estimate of drug-likeness (QED) is 0.363. The normalized spacial score (nSPS) is 14.9. The zero-order valence-corrected chi connectivity index (χ0v) is 16.1. The number of hydrogen-bond acceptors (Lipinski definition) is 4. The van der Waals surface area contributed by atoms with Gasteiger partial charge in [-0.2, -0.15) is 0 Å². The maximum absolute atomic E-state index is 5.86. The molecule has 4 nitrogen and oxygen atoms in total. The fourth-order valence-electron chi connectivity index (χ4n) is 4.15. The molecule has 0 atom stereocenters. The van der Waals surface area contributed by atoms with Gasteiger partial charge >= 0.3 is 0 Å². The highest BCUT2D eigenvalue weighted by Crippen LogP contribution is 2.42. The third-order valence-electron chi connectivity index (χ3n) is 5.50. The maximum atomic E-state index is 5.86. The van der Waals surface area contributed by atoms with Gasteiger partial charge in [-0.05, 0) is 24.5 Å². The Labute approximate surface area is 160 Å². The van der Waals surface area contributed by atoms with E-state index in [2.05, 4.69) is 35.6 Å². The van der Waals surface area contributed by atoms with Crippen molar-refractivity contribution in [3.8, 4) is 11.5 Å². The Morgan fingerprint density at radius 1 is 0.852 bits per heavy atom. The highest BCUT2D eigenvalue weighted by molar-refractivity contribution is 6.11. The Hall–Kier alpha value is -2.30. The van der Waals surface area contributed by atoms with E-state index in [4.69, 9.17) is 14.2 Å². The van der Waals surface area contributed by atoms with Crippen molar-refractivity contribution >= 4 is 21.5 Å². The van der Waals surface area contributed by atoms with Gasteiger partial charge in [0.05, 0.1) is 27.6 Å². The summed E-state index contributed by atoms with van der Waals surface area (Å²) in [5.74, 6) is 1.77. The van der Waals surface area contributed by atoms with Crippen molar-refractivity contribution in [1.29, 1.82) is 0 Å². The van der Waals surface area contributed by atoms with E-state index in [1.54, 1.807) is 14.2 Å². The molecule has 1 fully saturated rings. The minimum absolute atomic E-state index is 0.577. The molecule has 0 heterocycles. The predicted molar refractivity (Wildman–Crippen MR) is 110 cm³/mol. The molecule has 0 aromatic heterocycles. The maximum Gasteiger partial charge on any atom is 0.134 e. The Kier molecular flexibility index (Phi) is 5.46. The average Bonchev–Trinajstić information content (AvgIpc) is 3.23. The van der Waals surface area contributed by atoms with Crippen LogP contribution in [0.1, 0.15) is 31.2 Å². The molecule has 3 aromatic rings. The van der Waals surface area contributed by atoms with Crippen LogP contribution < -0.4 is 14.8 Å². The zero-order valence-electron chi connectivity index (χ0n) is 16.1. The average molecular weight is 365 g/mol. The molecule has 4 rings (SSSR count). The Bertz CT molecular complexity index is 932. The summed E-state index contributed by atoms with van der Waals surface area (Å²) < 4.78 is 17.4. The summed E-state index contributed by atoms with van der Waals surface area (Å²) in [6.07, 6.45) is 5.20. The fourth-order valence-corrected chi connectivity index (χ4v) is 4.15. The first-order valence-corrected chi connectivity index (χ1v) is 9.68. The third kappa shape index (κ3) is 3.60. The number of fused-ring (bicyclic) bond motifs is 2. The lowest BCUT2D eigenvalue weighted by Gasteiger charge is -2.16. The molecule has 1 saturated carbocycles. The van der Waals surface area contributed by atoms with Gasteiger partial charge in [-0.1, -0.05) is 49.2 Å². The minimum Gasteiger partial charge on any atom is -0.495 e. The molecule has 1 N–H and O–H groups in total. The Balaban J connectivity index is 1.61. The Morgan fingerprint density at radius 2 is 1.48 bits per heavy atom. The van der Waals surface area contributed by atoms with E-state index < -0.39 is 0 Å². The van der Waals surface area contributed by atoms with E-state index in [-0.39, 0.29) is 0 Å². The molecule has 0 saturated heterocycles. The summed E-state index contributed by atoms with van der Waals surface area (Å²) >= 11 is 0. The van der Waals surface area contributed by atoms with Crippen LogP contribution >= 0.6 is 0 Å². The number of benzene rings is 3. The molecule has 0 unspecified atom stereocenters. The van der Waals surface area contributed by atoms with Crippen LogP contribution in [0.25, 0.3) is 21.5 Å². The third-order valence-corrected chi connectivity index (χ3v) is 5.50. The van der Waals surface area contributed by atoms with Gasteiger partial charge in [-0.3, -0.25) is 5.32 Å². The van der Waals surface area contributed by atoms with E-state index in [0.717, 1.165) is 38.6 Å². The topological polar surface area (TPSA) is 39.7 Å². The lowest BCUT2D eigenvalue weighted by Crippen LogP contribution is -2.28. The standard InChI is InChI=1S/C23H27NO3/c1-25-22-18-9-5-6-10-19(18)23(26-2)21-13-16(11-12-20(21)22)14-27-15-24-17-7-3-4-8-17/h5-6,9-13,17,24H,3-4,7-8,14-15H2,1-2H3. The van der Waals surface area contributed by atoms with Crippen LogP contribution in [-0.2, 0) is 11.3 Å². The van der Waals surface area contributed by atoms with Crippen LogP contribution in [-0.4, -0.2) is 27.0 Å². The van der Waals surface area contributed by atoms with Crippen LogP contribution in [0, 0.1) is 0 Å². The molecule has 4 heteroatoms. The van der Waals surface area contributed by atoms with Crippen molar-refractivity contribution in [2.75, 3.05) is 21.0 Å². The first-order chi connectivity index (χ1) is 13.3. The second-order valence-electron chi connectivity index (χ2n) is 7.17. The molecule has 1 aliphatic rings. The Morgan fingerprint density at radius 3 is 2.15 bits per heavy atom. The first kappa shape index (κ1) is 18.1. The van der Waals surface area contributed by atoms with Crippen LogP contribution in [0.3, 0.4) is 0 Å². The van der Waals surface area contributed by atoms with E-state index in [1.165, 1.54) is 25.7 Å². The van der Waals surface area contributed by atoms with Crippen LogP contribution in [0.5, 0.6) is 11.5 Å². The van der Waals surface area contributed by atoms with Gasteiger partial charge in [0.2, 0.25) is 0 Å². The fraction of sp³-hybridized carbons (Fsp3) is 0.391. The minimum atomic E-state index is 0.577. The summed E-state index contributed by atoms with van der Waals surface area (Å²) in [5.41, 5.74) is 1.13. The van der Waals surface area contributed by atoms with Crippen LogP contribution in [0.4, 0.5) is 0 Å². The van der Waals surface area contributed by atoms with Crippen LogP contribution in [0.15, 0.2) is 42.5 Å². The van der Waals surface area contributed by atoms with Gasteiger partial charge in [0.25, 0.3) is 0 Å². The smallest absolute Gasteiger partial charge is 0.134 e. The summed E-state index contributed by atoms with van der Waals surface area (Å²) in [7, 11) is 3.45. The van der Waals surface area contributed by atoms with Gasteiger partial charge in [-0.25, -0.2) is 0 Å². The number of rotatable bonds is 7. The molecule has 0 bridgehead atoms. The number of ether oxygens (including phenoxy) is 3. The first-order valence-electron chi connectivity index (χ1n) is 9.68. The largest absolute Gasteiger partial charge is 0.495 e. The van der Waals surface area contributed by atoms with Crippen molar-refractivity contribution in [1.82, 2.24) is 5.32 Å². The predicted octanol–water partition coefficient (Wildman–Crippen LogP) is 5.02.